The second-order valence-electron chi connectivity index (χ2n) is 16.4. The first kappa shape index (κ1) is 43.1. The van der Waals surface area contributed by atoms with Crippen molar-refractivity contribution in [2.75, 3.05) is 33.9 Å². The van der Waals surface area contributed by atoms with Crippen molar-refractivity contribution < 1.29 is 28.7 Å². The number of benzene rings is 2. The normalized spacial score (nSPS) is 14.9. The highest BCUT2D eigenvalue weighted by molar-refractivity contribution is 5.95. The molecule has 0 saturated carbocycles. The first-order valence-electron chi connectivity index (χ1n) is 20.0. The van der Waals surface area contributed by atoms with Gasteiger partial charge in [0.1, 0.15) is 12.1 Å². The molecule has 0 bridgehead atoms. The molecule has 306 valence electrons. The minimum absolute atomic E-state index is 0.159. The zero-order valence-electron chi connectivity index (χ0n) is 35.1. The number of ether oxygens (including phenoxy) is 2. The van der Waals surface area contributed by atoms with Crippen molar-refractivity contribution in [2.45, 2.75) is 98.9 Å². The Morgan fingerprint density at radius 1 is 1.07 bits per heavy atom. The van der Waals surface area contributed by atoms with Crippen LogP contribution in [0.15, 0.2) is 54.7 Å². The summed E-state index contributed by atoms with van der Waals surface area (Å²) in [7, 11) is 3.27. The van der Waals surface area contributed by atoms with Crippen LogP contribution in [0.1, 0.15) is 82.9 Å². The zero-order chi connectivity index (χ0) is 41.4. The highest BCUT2D eigenvalue weighted by Gasteiger charge is 2.33. The van der Waals surface area contributed by atoms with Crippen LogP contribution in [-0.2, 0) is 48.0 Å². The second-order valence-corrected chi connectivity index (χ2v) is 16.4. The molecular formula is C45H60N6O6. The number of carbonyl (C=O) groups is 4. The maximum atomic E-state index is 14.1. The van der Waals surface area contributed by atoms with Crippen LogP contribution in [0.4, 0.5) is 0 Å². The van der Waals surface area contributed by atoms with Crippen molar-refractivity contribution in [3.8, 4) is 22.4 Å². The molecule has 1 aliphatic heterocycles. The Balaban J connectivity index is 1.62. The van der Waals surface area contributed by atoms with Crippen LogP contribution in [0.3, 0.4) is 0 Å². The molecule has 57 heavy (non-hydrogen) atoms. The predicted octanol–water partition coefficient (Wildman–Crippen LogP) is 6.41. The fourth-order valence-electron chi connectivity index (χ4n) is 8.19. The van der Waals surface area contributed by atoms with E-state index >= 15 is 0 Å². The molecule has 2 aromatic heterocycles. The predicted molar refractivity (Wildman–Crippen MR) is 223 cm³/mol. The molecule has 0 spiro atoms. The number of nitrogens with zero attached hydrogens (tertiary/aromatic N) is 4. The van der Waals surface area contributed by atoms with Crippen LogP contribution in [0.5, 0.6) is 0 Å². The largest absolute Gasteiger partial charge is 0.467 e. The van der Waals surface area contributed by atoms with Crippen molar-refractivity contribution in [3.63, 3.8) is 0 Å². The number of nitrogens with one attached hydrogen (secondary N) is 2. The maximum absolute atomic E-state index is 14.1. The summed E-state index contributed by atoms with van der Waals surface area (Å²) in [5.74, 6) is -0.732. The summed E-state index contributed by atoms with van der Waals surface area (Å²) >= 11 is 0. The van der Waals surface area contributed by atoms with Crippen LogP contribution >= 0.6 is 0 Å². The first-order chi connectivity index (χ1) is 27.2. The van der Waals surface area contributed by atoms with E-state index in [4.69, 9.17) is 14.5 Å². The van der Waals surface area contributed by atoms with Gasteiger partial charge in [-0.25, -0.2) is 5.43 Å². The zero-order valence-corrected chi connectivity index (χ0v) is 35.1. The molecular weight excluding hydrogens is 721 g/mol. The Morgan fingerprint density at radius 3 is 2.49 bits per heavy atom. The summed E-state index contributed by atoms with van der Waals surface area (Å²) in [5, 5.41) is 5.74. The van der Waals surface area contributed by atoms with E-state index in [2.05, 4.69) is 78.5 Å². The Morgan fingerprint density at radius 2 is 1.84 bits per heavy atom. The van der Waals surface area contributed by atoms with E-state index in [1.807, 2.05) is 33.8 Å². The van der Waals surface area contributed by atoms with Crippen LogP contribution < -0.4 is 10.7 Å². The fraction of sp³-hybridized carbons (Fsp3) is 0.489. The van der Waals surface area contributed by atoms with Gasteiger partial charge in [-0.1, -0.05) is 57.5 Å². The molecule has 1 aliphatic rings. The lowest BCUT2D eigenvalue weighted by Crippen LogP contribution is -2.58. The average Bonchev–Trinajstić information content (AvgIpc) is 3.50. The van der Waals surface area contributed by atoms with E-state index < -0.39 is 12.1 Å². The van der Waals surface area contributed by atoms with Crippen LogP contribution in [-0.4, -0.2) is 90.1 Å². The highest BCUT2D eigenvalue weighted by atomic mass is 16.5. The summed E-state index contributed by atoms with van der Waals surface area (Å²) in [6.45, 7) is 16.9. The lowest BCUT2D eigenvalue weighted by molar-refractivity contribution is -0.142. The quantitative estimate of drug-likeness (QED) is 0.111. The standard InChI is InChI=1S/C45H60N6O6/c1-10-50-39-16-15-33(24-36(39)37(25-45(6,7)26-57-28-53)42(50)35-14-13-17-46-40(35)31(5)56-9)34-21-30(4)20-32(22-34)23-38(44(55)51-19-12-11-18-47-51)48-43(54)41(29(2)3)49(8)27-52/h13-17,20-22,24,27-29,31,38,41,47H,10-12,18-19,23,25-26H2,1-9H3,(H,48,54). The molecule has 0 radical (unpaired) electrons. The van der Waals surface area contributed by atoms with Gasteiger partial charge in [-0.2, -0.15) is 0 Å². The number of amides is 3. The number of aromatic nitrogens is 2. The lowest BCUT2D eigenvalue weighted by Gasteiger charge is -2.33. The van der Waals surface area contributed by atoms with Gasteiger partial charge in [-0.05, 0) is 92.5 Å². The molecule has 1 saturated heterocycles. The Kier molecular flexibility index (Phi) is 14.3. The monoisotopic (exact) mass is 780 g/mol. The van der Waals surface area contributed by atoms with Crippen molar-refractivity contribution >= 4 is 35.6 Å². The lowest BCUT2D eigenvalue weighted by atomic mass is 9.84. The number of methoxy groups -OCH3 is 1. The maximum Gasteiger partial charge on any atom is 0.293 e. The minimum atomic E-state index is -0.853. The second kappa shape index (κ2) is 18.9. The summed E-state index contributed by atoms with van der Waals surface area (Å²) in [6.07, 6.45) is 4.94. The number of hydrazine groups is 1. The summed E-state index contributed by atoms with van der Waals surface area (Å²) in [6, 6.07) is 15.3. The molecule has 3 unspecified atom stereocenters. The van der Waals surface area contributed by atoms with Gasteiger partial charge < -0.3 is 24.3 Å². The smallest absolute Gasteiger partial charge is 0.293 e. The highest BCUT2D eigenvalue weighted by Crippen LogP contribution is 2.42. The molecule has 1 fully saturated rings. The summed E-state index contributed by atoms with van der Waals surface area (Å²) < 4.78 is 13.4. The Bertz CT molecular complexity index is 2050. The van der Waals surface area contributed by atoms with Crippen molar-refractivity contribution in [3.05, 3.63) is 77.1 Å². The van der Waals surface area contributed by atoms with Gasteiger partial charge >= 0.3 is 0 Å². The molecule has 2 N–H and O–H groups in total. The van der Waals surface area contributed by atoms with Gasteiger partial charge in [0.05, 0.1) is 24.1 Å². The molecule has 2 aromatic carbocycles. The van der Waals surface area contributed by atoms with Gasteiger partial charge in [0, 0.05) is 68.3 Å². The van der Waals surface area contributed by atoms with Crippen LogP contribution in [0.2, 0.25) is 0 Å². The Hall–Kier alpha value is -5.07. The Labute approximate surface area is 337 Å². The number of carbonyl (C=O) groups excluding carboxylic acids is 4. The number of fused-ring (bicyclic) bond motifs is 1. The molecule has 0 aliphatic carbocycles. The molecule has 12 nitrogen and oxygen atoms in total. The molecule has 3 heterocycles. The number of aryl methyl sites for hydroxylation is 2. The number of rotatable bonds is 18. The van der Waals surface area contributed by atoms with Gasteiger partial charge in [0.25, 0.3) is 12.4 Å². The topological polar surface area (TPSA) is 135 Å². The SMILES string of the molecule is CCn1c(-c2cccnc2C(C)OC)c(CC(C)(C)COC=O)c2cc(-c3cc(C)cc(CC(NC(=O)C(C(C)C)N(C)C=O)C(=O)N4CCCCN4)c3)ccc21. The van der Waals surface area contributed by atoms with Gasteiger partial charge in [0.15, 0.2) is 0 Å². The third-order valence-corrected chi connectivity index (χ3v) is 10.9. The molecule has 5 rings (SSSR count). The van der Waals surface area contributed by atoms with E-state index in [1.165, 1.54) is 4.90 Å². The van der Waals surface area contributed by atoms with E-state index in [9.17, 15) is 19.2 Å². The van der Waals surface area contributed by atoms with Crippen LogP contribution in [0, 0.1) is 18.3 Å². The third-order valence-electron chi connectivity index (χ3n) is 10.9. The average molecular weight is 781 g/mol. The number of hydrogen-bond donors (Lipinski definition) is 2. The van der Waals surface area contributed by atoms with Crippen molar-refractivity contribution in [2.24, 2.45) is 11.3 Å². The first-order valence-corrected chi connectivity index (χ1v) is 20.0. The molecule has 12 heteroatoms. The molecule has 4 aromatic rings. The van der Waals surface area contributed by atoms with Gasteiger partial charge in [0.2, 0.25) is 12.3 Å². The summed E-state index contributed by atoms with van der Waals surface area (Å²) in [5.41, 5.74) is 11.8. The van der Waals surface area contributed by atoms with E-state index in [1.54, 1.807) is 25.4 Å². The number of hydrogen-bond acceptors (Lipinski definition) is 8. The van der Waals surface area contributed by atoms with Gasteiger partial charge in [-0.15, -0.1) is 0 Å². The third kappa shape index (κ3) is 9.91. The fourth-order valence-corrected chi connectivity index (χ4v) is 8.19. The van der Waals surface area contributed by atoms with E-state index in [0.717, 1.165) is 68.5 Å². The van der Waals surface area contributed by atoms with E-state index in [0.29, 0.717) is 38.9 Å². The van der Waals surface area contributed by atoms with Crippen molar-refractivity contribution in [1.29, 1.82) is 0 Å². The number of likely N-dealkylation sites (N-methyl/N-ethyl adjacent to an activating group) is 1. The molecule has 3 atom stereocenters. The number of pyridine rings is 1. The van der Waals surface area contributed by atoms with Gasteiger partial charge in [-0.3, -0.25) is 29.2 Å². The van der Waals surface area contributed by atoms with Crippen LogP contribution in [0.25, 0.3) is 33.3 Å². The minimum Gasteiger partial charge on any atom is -0.467 e. The molecule has 3 amide bonds. The summed E-state index contributed by atoms with van der Waals surface area (Å²) in [4.78, 5) is 56.9. The van der Waals surface area contributed by atoms with Crippen molar-refractivity contribution in [1.82, 2.24) is 30.2 Å². The van der Waals surface area contributed by atoms with E-state index in [-0.39, 0.29) is 42.3 Å².